The number of nitrogens with one attached hydrogen (secondary N) is 1. The predicted octanol–water partition coefficient (Wildman–Crippen LogP) is 6.46. The number of benzene rings is 4. The van der Waals surface area contributed by atoms with Crippen molar-refractivity contribution in [3.63, 3.8) is 0 Å². The molecule has 4 heterocycles. The van der Waals surface area contributed by atoms with Gasteiger partial charge in [-0.1, -0.05) is 54.6 Å². The zero-order valence-electron chi connectivity index (χ0n) is 35.6. The molecule has 4 aromatic rings. The van der Waals surface area contributed by atoms with Gasteiger partial charge in [0.25, 0.3) is 0 Å². The van der Waals surface area contributed by atoms with Gasteiger partial charge in [0.05, 0.1) is 31.5 Å². The highest BCUT2D eigenvalue weighted by Gasteiger charge is 2.37. The number of piperidine rings is 2. The lowest BCUT2D eigenvalue weighted by atomic mass is 9.69. The number of aromatic hydroxyl groups is 1. The maximum Gasteiger partial charge on any atom is 0.243 e. The maximum atomic E-state index is 12.8. The van der Waals surface area contributed by atoms with E-state index < -0.39 is 0 Å². The molecule has 3 saturated heterocycles. The van der Waals surface area contributed by atoms with Crippen LogP contribution < -0.4 is 19.9 Å². The summed E-state index contributed by atoms with van der Waals surface area (Å²) >= 11 is 0. The Hall–Kier alpha value is -4.94. The summed E-state index contributed by atoms with van der Waals surface area (Å²) in [4.78, 5) is 34.5. The fourth-order valence-corrected chi connectivity index (χ4v) is 10.6. The number of phenolic OH excluding ortho intramolecular Hbond substituents is 1. The maximum absolute atomic E-state index is 12.8. The van der Waals surface area contributed by atoms with Crippen LogP contribution in [0.4, 0.5) is 11.4 Å². The van der Waals surface area contributed by atoms with Crippen molar-refractivity contribution >= 4 is 23.2 Å². The molecule has 1 unspecified atom stereocenters. The van der Waals surface area contributed by atoms with Gasteiger partial charge in [0.15, 0.2) is 0 Å². The minimum absolute atomic E-state index is 0.188. The molecule has 0 bridgehead atoms. The van der Waals surface area contributed by atoms with Crippen molar-refractivity contribution in [2.45, 2.75) is 69.5 Å². The molecule has 4 aromatic carbocycles. The quantitative estimate of drug-likeness (QED) is 0.109. The number of anilines is 2. The van der Waals surface area contributed by atoms with Crippen LogP contribution in [-0.2, 0) is 38.6 Å². The van der Waals surface area contributed by atoms with Crippen molar-refractivity contribution in [3.05, 3.63) is 118 Å². The highest BCUT2D eigenvalue weighted by molar-refractivity contribution is 6.00. The number of hydrogen-bond donors (Lipinski definition) is 2. The molecular weight excluding hydrogens is 767 g/mol. The standard InChI is InChI=1S/C50H61N5O6/c1-59-27-28-60-29-30-61-49-44-34-55(46-17-18-47(57)51-50(46)58)33-39(44)10-16-45(49)54-25-23-52(24-26-54)32-35-19-21-53(22-20-35)40-11-7-37(8-12-40)48-42(36-5-3-2-4-6-36)14-9-38-31-41(56)13-15-43(38)48/h2-8,10-13,15-16,31,35,42,46,48,56H,9,14,17-30,32-34H2,1H3,(H,51,57,58)/t42-,46?,48+/m1/s1. The van der Waals surface area contributed by atoms with Crippen LogP contribution in [0.5, 0.6) is 11.5 Å². The van der Waals surface area contributed by atoms with Crippen LogP contribution >= 0.6 is 0 Å². The van der Waals surface area contributed by atoms with Crippen LogP contribution in [0.2, 0.25) is 0 Å². The molecule has 11 nitrogen and oxygen atoms in total. The number of aryl methyl sites for hydroxylation is 1. The van der Waals surface area contributed by atoms with Crippen LogP contribution in [0.15, 0.2) is 84.9 Å². The van der Waals surface area contributed by atoms with Crippen molar-refractivity contribution in [1.82, 2.24) is 15.1 Å². The fourth-order valence-electron chi connectivity index (χ4n) is 10.6. The highest BCUT2D eigenvalue weighted by atomic mass is 16.5. The van der Waals surface area contributed by atoms with Gasteiger partial charge in [-0.15, -0.1) is 0 Å². The van der Waals surface area contributed by atoms with E-state index in [0.29, 0.717) is 69.9 Å². The summed E-state index contributed by atoms with van der Waals surface area (Å²) in [6.45, 7) is 10.4. The average molecular weight is 828 g/mol. The smallest absolute Gasteiger partial charge is 0.243 e. The SMILES string of the molecule is COCCOCCOc1c(N2CCN(CC3CCN(c4ccc([C@@H]5c6ccc(O)cc6CC[C@@H]5c5ccccc5)cc4)CC3)CC2)ccc2c1CN(C1CCC(=O)NC1=O)C2. The first-order valence-corrected chi connectivity index (χ1v) is 22.5. The summed E-state index contributed by atoms with van der Waals surface area (Å²) in [5.74, 6) is 2.21. The average Bonchev–Trinajstić information content (AvgIpc) is 3.72. The molecule has 11 heteroatoms. The first-order valence-electron chi connectivity index (χ1n) is 22.5. The molecule has 9 rings (SSSR count). The first kappa shape index (κ1) is 41.4. The predicted molar refractivity (Wildman–Crippen MR) is 238 cm³/mol. The van der Waals surface area contributed by atoms with E-state index in [1.807, 2.05) is 12.1 Å². The van der Waals surface area contributed by atoms with Crippen LogP contribution in [-0.4, -0.2) is 112 Å². The first-order chi connectivity index (χ1) is 29.9. The topological polar surface area (TPSA) is 107 Å². The normalized spacial score (nSPS) is 22.5. The number of imide groups is 1. The fraction of sp³-hybridized carbons (Fsp3) is 0.480. The van der Waals surface area contributed by atoms with Gasteiger partial charge in [0, 0.05) is 89.6 Å². The number of amides is 2. The molecule has 1 aliphatic carbocycles. The number of carbonyl (C=O) groups is 2. The highest BCUT2D eigenvalue weighted by Crippen LogP contribution is 2.47. The van der Waals surface area contributed by atoms with Gasteiger partial charge in [-0.2, -0.15) is 0 Å². The Bertz CT molecular complexity index is 2130. The number of rotatable bonds is 14. The Labute approximate surface area is 360 Å². The third-order valence-corrected chi connectivity index (χ3v) is 13.9. The van der Waals surface area contributed by atoms with E-state index in [0.717, 1.165) is 75.7 Å². The second-order valence-corrected chi connectivity index (χ2v) is 17.6. The van der Waals surface area contributed by atoms with Crippen LogP contribution in [0.1, 0.15) is 77.3 Å². The van der Waals surface area contributed by atoms with E-state index in [9.17, 15) is 14.7 Å². The number of methoxy groups -OCH3 is 1. The summed E-state index contributed by atoms with van der Waals surface area (Å²) in [7, 11) is 1.67. The molecular formula is C50H61N5O6. The number of ether oxygens (including phenoxy) is 3. The zero-order chi connectivity index (χ0) is 41.7. The number of fused-ring (bicyclic) bond motifs is 2. The molecule has 3 fully saturated rings. The lowest BCUT2D eigenvalue weighted by Gasteiger charge is -2.40. The molecule has 0 spiro atoms. The van der Waals surface area contributed by atoms with E-state index in [2.05, 4.69) is 97.7 Å². The Morgan fingerprint density at radius 3 is 2.28 bits per heavy atom. The molecule has 5 aliphatic rings. The Balaban J connectivity index is 0.800. The van der Waals surface area contributed by atoms with Gasteiger partial charge >= 0.3 is 0 Å². The van der Waals surface area contributed by atoms with Crippen molar-refractivity contribution < 1.29 is 28.9 Å². The summed E-state index contributed by atoms with van der Waals surface area (Å²) in [6, 6.07) is 30.4. The van der Waals surface area contributed by atoms with E-state index in [1.54, 1.807) is 7.11 Å². The van der Waals surface area contributed by atoms with Gasteiger partial charge < -0.3 is 29.1 Å². The number of piperazine rings is 1. The number of hydrogen-bond acceptors (Lipinski definition) is 10. The van der Waals surface area contributed by atoms with Gasteiger partial charge in [0.2, 0.25) is 11.8 Å². The van der Waals surface area contributed by atoms with Gasteiger partial charge in [-0.05, 0) is 102 Å². The molecule has 3 atom stereocenters. The van der Waals surface area contributed by atoms with Crippen molar-refractivity contribution in [3.8, 4) is 11.5 Å². The van der Waals surface area contributed by atoms with Gasteiger partial charge in [-0.25, -0.2) is 0 Å². The molecule has 4 aliphatic heterocycles. The summed E-state index contributed by atoms with van der Waals surface area (Å²) in [5.41, 5.74) is 10.1. The molecule has 2 N–H and O–H groups in total. The van der Waals surface area contributed by atoms with E-state index in [-0.39, 0.29) is 23.8 Å². The second kappa shape index (κ2) is 19.0. The summed E-state index contributed by atoms with van der Waals surface area (Å²) in [6.07, 6.45) is 5.34. The third-order valence-electron chi connectivity index (χ3n) is 13.9. The Morgan fingerprint density at radius 1 is 0.721 bits per heavy atom. The molecule has 322 valence electrons. The largest absolute Gasteiger partial charge is 0.508 e. The molecule has 0 saturated carbocycles. The lowest BCUT2D eigenvalue weighted by Crippen LogP contribution is -2.50. The molecule has 2 amide bonds. The lowest BCUT2D eigenvalue weighted by molar-refractivity contribution is -0.137. The number of phenols is 1. The van der Waals surface area contributed by atoms with Gasteiger partial charge in [-0.3, -0.25) is 24.7 Å². The van der Waals surface area contributed by atoms with Crippen molar-refractivity contribution in [2.24, 2.45) is 5.92 Å². The Kier molecular flexibility index (Phi) is 12.9. The minimum Gasteiger partial charge on any atom is -0.508 e. The summed E-state index contributed by atoms with van der Waals surface area (Å²) in [5, 5.41) is 12.8. The van der Waals surface area contributed by atoms with Crippen LogP contribution in [0.25, 0.3) is 0 Å². The second-order valence-electron chi connectivity index (χ2n) is 17.6. The van der Waals surface area contributed by atoms with Crippen LogP contribution in [0.3, 0.4) is 0 Å². The molecule has 0 radical (unpaired) electrons. The third kappa shape index (κ3) is 9.31. The Morgan fingerprint density at radius 2 is 1.51 bits per heavy atom. The minimum atomic E-state index is -0.314. The molecule has 61 heavy (non-hydrogen) atoms. The van der Waals surface area contributed by atoms with Crippen LogP contribution in [0, 0.1) is 5.92 Å². The zero-order valence-corrected chi connectivity index (χ0v) is 35.6. The number of nitrogens with zero attached hydrogens (tertiary/aromatic N) is 4. The van der Waals surface area contributed by atoms with E-state index in [1.165, 1.54) is 46.3 Å². The number of carbonyl (C=O) groups excluding carboxylic acids is 2. The summed E-state index contributed by atoms with van der Waals surface area (Å²) < 4.78 is 17.4. The van der Waals surface area contributed by atoms with Crippen molar-refractivity contribution in [2.75, 3.05) is 89.2 Å². The van der Waals surface area contributed by atoms with E-state index >= 15 is 0 Å². The van der Waals surface area contributed by atoms with E-state index in [4.69, 9.17) is 14.2 Å². The molecule has 0 aromatic heterocycles. The van der Waals surface area contributed by atoms with Crippen molar-refractivity contribution in [1.29, 1.82) is 0 Å². The monoisotopic (exact) mass is 827 g/mol. The van der Waals surface area contributed by atoms with Gasteiger partial charge in [0.1, 0.15) is 18.1 Å².